The van der Waals surface area contributed by atoms with Gasteiger partial charge in [0.2, 0.25) is 0 Å². The maximum atomic E-state index is 13.7. The first kappa shape index (κ1) is 13.2. The van der Waals surface area contributed by atoms with E-state index < -0.39 is 34.6 Å². The number of nitrogen functional groups attached to an aromatic ring is 1. The van der Waals surface area contributed by atoms with Gasteiger partial charge in [0.05, 0.1) is 0 Å². The van der Waals surface area contributed by atoms with E-state index in [9.17, 15) is 17.6 Å². The molecule has 0 spiro atoms. The number of benzene rings is 2. The van der Waals surface area contributed by atoms with Crippen LogP contribution in [-0.4, -0.2) is 0 Å². The summed E-state index contributed by atoms with van der Waals surface area (Å²) in [6, 6.07) is 3.95. The van der Waals surface area contributed by atoms with Crippen LogP contribution < -0.4 is 11.1 Å². The van der Waals surface area contributed by atoms with Crippen molar-refractivity contribution in [1.82, 2.24) is 0 Å². The van der Waals surface area contributed by atoms with Gasteiger partial charge in [0, 0.05) is 5.69 Å². The molecule has 2 aromatic carbocycles. The molecule has 19 heavy (non-hydrogen) atoms. The van der Waals surface area contributed by atoms with Crippen LogP contribution in [0.2, 0.25) is 0 Å². The van der Waals surface area contributed by atoms with E-state index in [0.29, 0.717) is 0 Å². The van der Waals surface area contributed by atoms with Gasteiger partial charge in [-0.2, -0.15) is 0 Å². The third kappa shape index (κ3) is 2.47. The SMILES string of the molecule is Cc1ccc(F)c(Nc2c(F)cc(N)cc2F)c1F. The zero-order valence-corrected chi connectivity index (χ0v) is 9.90. The molecule has 100 valence electrons. The molecule has 0 aromatic heterocycles. The lowest BCUT2D eigenvalue weighted by molar-refractivity contribution is 0.577. The Hall–Kier alpha value is -2.24. The number of rotatable bonds is 2. The summed E-state index contributed by atoms with van der Waals surface area (Å²) >= 11 is 0. The summed E-state index contributed by atoms with van der Waals surface area (Å²) in [4.78, 5) is 0. The fraction of sp³-hybridized carbons (Fsp3) is 0.0769. The van der Waals surface area contributed by atoms with Gasteiger partial charge in [0.25, 0.3) is 0 Å². The first-order valence-corrected chi connectivity index (χ1v) is 5.36. The normalized spacial score (nSPS) is 10.6. The van der Waals surface area contributed by atoms with Crippen molar-refractivity contribution in [2.45, 2.75) is 6.92 Å². The quantitative estimate of drug-likeness (QED) is 0.642. The predicted octanol–water partition coefficient (Wildman–Crippen LogP) is 3.88. The van der Waals surface area contributed by atoms with Crippen LogP contribution in [0.4, 0.5) is 34.6 Å². The summed E-state index contributed by atoms with van der Waals surface area (Å²) < 4.78 is 54.3. The van der Waals surface area contributed by atoms with Gasteiger partial charge >= 0.3 is 0 Å². The molecular formula is C13H10F4N2. The second-order valence-electron chi connectivity index (χ2n) is 4.04. The van der Waals surface area contributed by atoms with Crippen LogP contribution >= 0.6 is 0 Å². The van der Waals surface area contributed by atoms with Crippen LogP contribution in [0.25, 0.3) is 0 Å². The van der Waals surface area contributed by atoms with Crippen LogP contribution in [0.5, 0.6) is 0 Å². The molecule has 2 rings (SSSR count). The van der Waals surface area contributed by atoms with Crippen LogP contribution in [0.15, 0.2) is 24.3 Å². The van der Waals surface area contributed by atoms with E-state index in [1.165, 1.54) is 13.0 Å². The van der Waals surface area contributed by atoms with Gasteiger partial charge in [0.15, 0.2) is 17.5 Å². The molecule has 0 aliphatic heterocycles. The summed E-state index contributed by atoms with van der Waals surface area (Å²) in [7, 11) is 0. The minimum atomic E-state index is -1.03. The molecule has 0 atom stereocenters. The van der Waals surface area contributed by atoms with Crippen LogP contribution in [0.1, 0.15) is 5.56 Å². The Kier molecular flexibility index (Phi) is 3.33. The van der Waals surface area contributed by atoms with Gasteiger partial charge in [-0.05, 0) is 30.7 Å². The number of halogens is 4. The van der Waals surface area contributed by atoms with Gasteiger partial charge in [-0.3, -0.25) is 0 Å². The summed E-state index contributed by atoms with van der Waals surface area (Å²) in [5, 5.41) is 2.09. The van der Waals surface area contributed by atoms with Crippen LogP contribution in [-0.2, 0) is 0 Å². The molecule has 2 nitrogen and oxygen atoms in total. The molecule has 6 heteroatoms. The topological polar surface area (TPSA) is 38.0 Å². The lowest BCUT2D eigenvalue weighted by Gasteiger charge is -2.12. The monoisotopic (exact) mass is 270 g/mol. The molecule has 0 unspecified atom stereocenters. The van der Waals surface area contributed by atoms with Gasteiger partial charge in [-0.1, -0.05) is 6.07 Å². The maximum Gasteiger partial charge on any atom is 0.152 e. The highest BCUT2D eigenvalue weighted by molar-refractivity contribution is 5.65. The molecule has 0 bridgehead atoms. The first-order valence-electron chi connectivity index (χ1n) is 5.36. The Morgan fingerprint density at radius 3 is 2.05 bits per heavy atom. The number of nitrogens with two attached hydrogens (primary N) is 1. The minimum Gasteiger partial charge on any atom is -0.399 e. The average Bonchev–Trinajstić information content (AvgIpc) is 2.32. The Labute approximate surface area is 106 Å². The van der Waals surface area contributed by atoms with Crippen molar-refractivity contribution >= 4 is 17.1 Å². The molecule has 0 amide bonds. The lowest BCUT2D eigenvalue weighted by Crippen LogP contribution is -2.04. The second-order valence-corrected chi connectivity index (χ2v) is 4.04. The van der Waals surface area contributed by atoms with Crippen molar-refractivity contribution in [3.05, 3.63) is 53.1 Å². The molecule has 0 saturated heterocycles. The smallest absolute Gasteiger partial charge is 0.152 e. The molecule has 0 aliphatic rings. The van der Waals surface area contributed by atoms with E-state index >= 15 is 0 Å². The maximum absolute atomic E-state index is 13.7. The number of hydrogen-bond donors (Lipinski definition) is 2. The van der Waals surface area contributed by atoms with Crippen LogP contribution in [0.3, 0.4) is 0 Å². The van der Waals surface area contributed by atoms with E-state index in [1.54, 1.807) is 0 Å². The average molecular weight is 270 g/mol. The zero-order chi connectivity index (χ0) is 14.2. The molecule has 0 radical (unpaired) electrons. The Morgan fingerprint density at radius 2 is 1.47 bits per heavy atom. The number of nitrogens with one attached hydrogen (secondary N) is 1. The minimum absolute atomic E-state index is 0.120. The van der Waals surface area contributed by atoms with E-state index in [2.05, 4.69) is 5.32 Å². The molecule has 0 fully saturated rings. The third-order valence-corrected chi connectivity index (χ3v) is 2.60. The number of anilines is 3. The van der Waals surface area contributed by atoms with E-state index in [0.717, 1.165) is 18.2 Å². The van der Waals surface area contributed by atoms with Crippen molar-refractivity contribution in [3.63, 3.8) is 0 Å². The van der Waals surface area contributed by atoms with Crippen LogP contribution in [0, 0.1) is 30.2 Å². The van der Waals surface area contributed by atoms with Gasteiger partial charge < -0.3 is 11.1 Å². The largest absolute Gasteiger partial charge is 0.399 e. The Bertz CT molecular complexity index is 618. The van der Waals surface area contributed by atoms with E-state index in [1.807, 2.05) is 0 Å². The van der Waals surface area contributed by atoms with Crippen molar-refractivity contribution in [2.24, 2.45) is 0 Å². The van der Waals surface area contributed by atoms with Gasteiger partial charge in [-0.15, -0.1) is 0 Å². The first-order chi connectivity index (χ1) is 8.90. The van der Waals surface area contributed by atoms with Crippen molar-refractivity contribution in [3.8, 4) is 0 Å². The third-order valence-electron chi connectivity index (χ3n) is 2.60. The molecule has 0 heterocycles. The highest BCUT2D eigenvalue weighted by atomic mass is 19.1. The standard InChI is InChI=1S/C13H10F4N2/c1-6-2-3-8(14)13(11(6)17)19-12-9(15)4-7(18)5-10(12)16/h2-5,19H,18H2,1H3. The predicted molar refractivity (Wildman–Crippen MR) is 65.1 cm³/mol. The van der Waals surface area contributed by atoms with Crippen molar-refractivity contribution in [2.75, 3.05) is 11.1 Å². The molecule has 2 aromatic rings. The Morgan fingerprint density at radius 1 is 0.895 bits per heavy atom. The Balaban J connectivity index is 2.51. The summed E-state index contributed by atoms with van der Waals surface area (Å²) in [5.41, 5.74) is 4.02. The summed E-state index contributed by atoms with van der Waals surface area (Å²) in [5.74, 6) is -3.91. The fourth-order valence-electron chi connectivity index (χ4n) is 1.61. The second kappa shape index (κ2) is 4.79. The highest BCUT2D eigenvalue weighted by Gasteiger charge is 2.16. The zero-order valence-electron chi connectivity index (χ0n) is 9.90. The molecular weight excluding hydrogens is 260 g/mol. The summed E-state index contributed by atoms with van der Waals surface area (Å²) in [6.07, 6.45) is 0. The number of hydrogen-bond acceptors (Lipinski definition) is 2. The fourth-order valence-corrected chi connectivity index (χ4v) is 1.61. The molecule has 3 N–H and O–H groups in total. The van der Waals surface area contributed by atoms with Crippen molar-refractivity contribution in [1.29, 1.82) is 0 Å². The lowest BCUT2D eigenvalue weighted by atomic mass is 10.2. The van der Waals surface area contributed by atoms with E-state index in [-0.39, 0.29) is 11.3 Å². The number of aryl methyl sites for hydroxylation is 1. The molecule has 0 aliphatic carbocycles. The highest BCUT2D eigenvalue weighted by Crippen LogP contribution is 2.29. The van der Waals surface area contributed by atoms with Gasteiger partial charge in [0.1, 0.15) is 17.2 Å². The van der Waals surface area contributed by atoms with Gasteiger partial charge in [-0.25, -0.2) is 17.6 Å². The summed E-state index contributed by atoms with van der Waals surface area (Å²) in [6.45, 7) is 1.41. The van der Waals surface area contributed by atoms with Crippen molar-refractivity contribution < 1.29 is 17.6 Å². The van der Waals surface area contributed by atoms with E-state index in [4.69, 9.17) is 5.73 Å². The molecule has 0 saturated carbocycles.